The van der Waals surface area contributed by atoms with Gasteiger partial charge in [0.2, 0.25) is 0 Å². The first-order valence-corrected chi connectivity index (χ1v) is 8.36. The predicted molar refractivity (Wildman–Crippen MR) is 86.6 cm³/mol. The van der Waals surface area contributed by atoms with E-state index in [2.05, 4.69) is 29.0 Å². The summed E-state index contributed by atoms with van der Waals surface area (Å²) in [6.45, 7) is 5.93. The fourth-order valence-corrected chi connectivity index (χ4v) is 3.62. The highest BCUT2D eigenvalue weighted by molar-refractivity contribution is 8.00. The van der Waals surface area contributed by atoms with Crippen molar-refractivity contribution in [2.75, 3.05) is 32.0 Å². The fraction of sp³-hybridized carbons (Fsp3) is 0.533. The average Bonchev–Trinajstić information content (AvgIpc) is 2.55. The number of hydrazine groups is 1. The van der Waals surface area contributed by atoms with Crippen molar-refractivity contribution < 1.29 is 9.53 Å². The molecule has 0 radical (unpaired) electrons. The number of ether oxygens (including phenoxy) is 1. The number of amides is 1. The maximum absolute atomic E-state index is 11.7. The van der Waals surface area contributed by atoms with Crippen molar-refractivity contribution in [3.63, 3.8) is 0 Å². The monoisotopic (exact) mass is 309 g/mol. The summed E-state index contributed by atoms with van der Waals surface area (Å²) in [5, 5.41) is 0.731. The molecular weight excluding hydrogens is 286 g/mol. The summed E-state index contributed by atoms with van der Waals surface area (Å²) in [7, 11) is 0. The van der Waals surface area contributed by atoms with Crippen molar-refractivity contribution in [3.05, 3.63) is 29.8 Å². The molecule has 1 aromatic rings. The smallest absolute Gasteiger partial charge is 0.268 e. The van der Waals surface area contributed by atoms with Gasteiger partial charge in [0.25, 0.3) is 5.91 Å². The van der Waals surface area contributed by atoms with Crippen LogP contribution < -0.4 is 16.0 Å². The first kappa shape index (κ1) is 16.1. The number of rotatable bonds is 6. The highest BCUT2D eigenvalue weighted by atomic mass is 32.2. The minimum Gasteiger partial charge on any atom is -0.491 e. The van der Waals surface area contributed by atoms with E-state index in [1.165, 1.54) is 12.2 Å². The van der Waals surface area contributed by atoms with Crippen LogP contribution in [0.3, 0.4) is 0 Å². The standard InChI is InChI=1S/C15H23N3O2S/c1-2-12-11-18(8-10-21-12)7-9-20-14-6-4-3-5-13(14)15(19)17-16/h3-6,12H,2,7-11,16H2,1H3,(H,17,19). The topological polar surface area (TPSA) is 67.6 Å². The van der Waals surface area contributed by atoms with E-state index in [0.717, 1.165) is 24.9 Å². The van der Waals surface area contributed by atoms with Gasteiger partial charge in [-0.05, 0) is 18.6 Å². The number of hydrogen-bond acceptors (Lipinski definition) is 5. The zero-order chi connectivity index (χ0) is 15.1. The van der Waals surface area contributed by atoms with Crippen molar-refractivity contribution in [2.45, 2.75) is 18.6 Å². The van der Waals surface area contributed by atoms with Gasteiger partial charge >= 0.3 is 0 Å². The van der Waals surface area contributed by atoms with Crippen LogP contribution in [0, 0.1) is 0 Å². The molecule has 1 saturated heterocycles. The molecular formula is C15H23N3O2S. The molecule has 1 atom stereocenters. The molecule has 0 saturated carbocycles. The van der Waals surface area contributed by atoms with Crippen molar-refractivity contribution in [1.82, 2.24) is 10.3 Å². The van der Waals surface area contributed by atoms with Crippen molar-refractivity contribution >= 4 is 17.7 Å². The van der Waals surface area contributed by atoms with Crippen LogP contribution in [0.2, 0.25) is 0 Å². The number of benzene rings is 1. The number of carbonyl (C=O) groups excluding carboxylic acids is 1. The summed E-state index contributed by atoms with van der Waals surface area (Å²) in [6, 6.07) is 7.16. The molecule has 1 heterocycles. The molecule has 1 aliphatic heterocycles. The largest absolute Gasteiger partial charge is 0.491 e. The molecule has 0 aromatic heterocycles. The number of para-hydroxylation sites is 1. The number of nitrogens with one attached hydrogen (secondary N) is 1. The highest BCUT2D eigenvalue weighted by Gasteiger charge is 2.18. The molecule has 6 heteroatoms. The third kappa shape index (κ3) is 4.62. The van der Waals surface area contributed by atoms with Crippen LogP contribution in [0.15, 0.2) is 24.3 Å². The molecule has 3 N–H and O–H groups in total. The first-order chi connectivity index (χ1) is 10.2. The minimum atomic E-state index is -0.328. The van der Waals surface area contributed by atoms with Gasteiger partial charge in [0.05, 0.1) is 5.56 Å². The van der Waals surface area contributed by atoms with E-state index in [9.17, 15) is 4.79 Å². The lowest BCUT2D eigenvalue weighted by Gasteiger charge is -2.31. The molecule has 0 aliphatic carbocycles. The molecule has 5 nitrogen and oxygen atoms in total. The molecule has 0 bridgehead atoms. The van der Waals surface area contributed by atoms with Gasteiger partial charge in [-0.2, -0.15) is 11.8 Å². The van der Waals surface area contributed by atoms with Crippen LogP contribution in [0.1, 0.15) is 23.7 Å². The minimum absolute atomic E-state index is 0.328. The maximum Gasteiger partial charge on any atom is 0.268 e. The average molecular weight is 309 g/mol. The number of nitrogens with zero attached hydrogens (tertiary/aromatic N) is 1. The van der Waals surface area contributed by atoms with E-state index in [-0.39, 0.29) is 5.91 Å². The van der Waals surface area contributed by atoms with E-state index in [1.807, 2.05) is 6.07 Å². The number of carbonyl (C=O) groups is 1. The zero-order valence-corrected chi connectivity index (χ0v) is 13.2. The summed E-state index contributed by atoms with van der Waals surface area (Å²) in [4.78, 5) is 14.1. The van der Waals surface area contributed by atoms with Crippen LogP contribution in [-0.2, 0) is 0 Å². The van der Waals surface area contributed by atoms with E-state index in [4.69, 9.17) is 10.6 Å². The van der Waals surface area contributed by atoms with E-state index in [1.54, 1.807) is 18.2 Å². The summed E-state index contributed by atoms with van der Waals surface area (Å²) >= 11 is 2.06. The third-order valence-electron chi connectivity index (χ3n) is 3.61. The summed E-state index contributed by atoms with van der Waals surface area (Å²) < 4.78 is 5.77. The number of nitrogen functional groups attached to an aromatic ring is 1. The van der Waals surface area contributed by atoms with Gasteiger partial charge < -0.3 is 4.74 Å². The van der Waals surface area contributed by atoms with Crippen LogP contribution in [-0.4, -0.2) is 48.1 Å². The SMILES string of the molecule is CCC1CN(CCOc2ccccc2C(=O)NN)CCS1. The Balaban J connectivity index is 1.85. The lowest BCUT2D eigenvalue weighted by Crippen LogP contribution is -2.40. The first-order valence-electron chi connectivity index (χ1n) is 7.31. The van der Waals surface area contributed by atoms with Crippen molar-refractivity contribution in [2.24, 2.45) is 5.84 Å². The Morgan fingerprint density at radius 2 is 2.33 bits per heavy atom. The Hall–Kier alpha value is -1.24. The number of hydrogen-bond donors (Lipinski definition) is 2. The Morgan fingerprint density at radius 3 is 3.10 bits per heavy atom. The Bertz CT molecular complexity index is 470. The molecule has 1 unspecified atom stereocenters. The van der Waals surface area contributed by atoms with Crippen LogP contribution in [0.25, 0.3) is 0 Å². The van der Waals surface area contributed by atoms with Gasteiger partial charge in [0.1, 0.15) is 12.4 Å². The van der Waals surface area contributed by atoms with E-state index in [0.29, 0.717) is 17.9 Å². The second kappa shape index (κ2) is 8.26. The molecule has 0 spiro atoms. The second-order valence-corrected chi connectivity index (χ2v) is 6.43. The summed E-state index contributed by atoms with van der Waals surface area (Å²) in [6.07, 6.45) is 1.21. The van der Waals surface area contributed by atoms with Gasteiger partial charge in [0.15, 0.2) is 0 Å². The van der Waals surface area contributed by atoms with Gasteiger partial charge in [-0.1, -0.05) is 19.1 Å². The van der Waals surface area contributed by atoms with Gasteiger partial charge in [-0.3, -0.25) is 15.1 Å². The lowest BCUT2D eigenvalue weighted by molar-refractivity contribution is 0.0948. The molecule has 21 heavy (non-hydrogen) atoms. The highest BCUT2D eigenvalue weighted by Crippen LogP contribution is 2.21. The summed E-state index contributed by atoms with van der Waals surface area (Å²) in [5.74, 6) is 6.62. The molecule has 1 amide bonds. The normalized spacial score (nSPS) is 19.2. The van der Waals surface area contributed by atoms with Gasteiger partial charge in [-0.25, -0.2) is 5.84 Å². The predicted octanol–water partition coefficient (Wildman–Crippen LogP) is 1.50. The van der Waals surface area contributed by atoms with Gasteiger partial charge in [0, 0.05) is 30.6 Å². The van der Waals surface area contributed by atoms with Crippen LogP contribution >= 0.6 is 11.8 Å². The summed E-state index contributed by atoms with van der Waals surface area (Å²) in [5.41, 5.74) is 2.62. The van der Waals surface area contributed by atoms with E-state index >= 15 is 0 Å². The van der Waals surface area contributed by atoms with Crippen molar-refractivity contribution in [3.8, 4) is 5.75 Å². The molecule has 1 aromatic carbocycles. The van der Waals surface area contributed by atoms with Crippen LogP contribution in [0.4, 0.5) is 0 Å². The number of nitrogens with two attached hydrogens (primary N) is 1. The number of thioether (sulfide) groups is 1. The van der Waals surface area contributed by atoms with E-state index < -0.39 is 0 Å². The Kier molecular flexibility index (Phi) is 6.35. The zero-order valence-electron chi connectivity index (χ0n) is 12.4. The van der Waals surface area contributed by atoms with Gasteiger partial charge in [-0.15, -0.1) is 0 Å². The van der Waals surface area contributed by atoms with Crippen LogP contribution in [0.5, 0.6) is 5.75 Å². The van der Waals surface area contributed by atoms with Crippen molar-refractivity contribution in [1.29, 1.82) is 0 Å². The molecule has 116 valence electrons. The fourth-order valence-electron chi connectivity index (χ4n) is 2.37. The molecule has 1 aliphatic rings. The Labute approximate surface area is 130 Å². The molecule has 2 rings (SSSR count). The quantitative estimate of drug-likeness (QED) is 0.473. The third-order valence-corrected chi connectivity index (χ3v) is 4.98. The maximum atomic E-state index is 11.7. The lowest BCUT2D eigenvalue weighted by atomic mass is 10.2. The second-order valence-electron chi connectivity index (χ2n) is 5.02. The molecule has 1 fully saturated rings. The Morgan fingerprint density at radius 1 is 1.52 bits per heavy atom.